The number of allylic oxidation sites excluding steroid dienone is 1. The fourth-order valence-corrected chi connectivity index (χ4v) is 4.25. The molecule has 1 heterocycles. The molecule has 6 heteroatoms. The molecule has 1 aliphatic rings. The molecule has 3 aromatic carbocycles. The molecule has 1 aliphatic heterocycles. The molecule has 0 radical (unpaired) electrons. The number of halogens is 1. The van der Waals surface area contributed by atoms with Crippen LogP contribution in [0.3, 0.4) is 0 Å². The number of carboxylic acids is 1. The Kier molecular flexibility index (Phi) is 6.98. The Hall–Kier alpha value is -3.64. The number of hydrogen-bond acceptors (Lipinski definition) is 4. The summed E-state index contributed by atoms with van der Waals surface area (Å²) in [7, 11) is 0. The maximum absolute atomic E-state index is 12.7. The number of carbonyl (C=O) groups is 1. The van der Waals surface area contributed by atoms with Gasteiger partial charge in [-0.1, -0.05) is 76.6 Å². The van der Waals surface area contributed by atoms with E-state index < -0.39 is 5.97 Å². The molecule has 0 spiro atoms. The first-order valence-electron chi connectivity index (χ1n) is 10.9. The topological polar surface area (TPSA) is 62.1 Å². The first-order chi connectivity index (χ1) is 16.4. The highest BCUT2D eigenvalue weighted by Gasteiger charge is 2.35. The van der Waals surface area contributed by atoms with Crippen LogP contribution in [0.15, 0.2) is 99.7 Å². The average Bonchev–Trinajstić information content (AvgIpc) is 2.82. The monoisotopic (exact) mass is 516 g/mol. The first-order valence-corrected chi connectivity index (χ1v) is 11.7. The van der Waals surface area contributed by atoms with Gasteiger partial charge >= 0.3 is 5.97 Å². The molecule has 0 aliphatic carbocycles. The van der Waals surface area contributed by atoms with Crippen molar-refractivity contribution in [3.63, 3.8) is 0 Å². The molecule has 1 N–H and O–H groups in total. The summed E-state index contributed by atoms with van der Waals surface area (Å²) in [6.07, 6.45) is 0. The zero-order chi connectivity index (χ0) is 24.2. The number of carboxylic acid groups (broad SMARTS) is 1. The van der Waals surface area contributed by atoms with Crippen LogP contribution < -0.4 is 0 Å². The van der Waals surface area contributed by atoms with Crippen LogP contribution in [0.2, 0.25) is 0 Å². The Bertz CT molecular complexity index is 1310. The van der Waals surface area contributed by atoms with Crippen LogP contribution in [0.1, 0.15) is 43.0 Å². The number of nitrogens with zero attached hydrogens (tertiary/aromatic N) is 2. The van der Waals surface area contributed by atoms with Gasteiger partial charge in [0.05, 0.1) is 11.4 Å². The summed E-state index contributed by atoms with van der Waals surface area (Å²) in [5.41, 5.74) is 5.76. The predicted molar refractivity (Wildman–Crippen MR) is 139 cm³/mol. The fraction of sp³-hybridized carbons (Fsp3) is 0.143. The van der Waals surface area contributed by atoms with E-state index in [0.29, 0.717) is 5.71 Å². The van der Waals surface area contributed by atoms with Gasteiger partial charge < -0.3 is 9.84 Å². The molecule has 0 unspecified atom stereocenters. The summed E-state index contributed by atoms with van der Waals surface area (Å²) in [6, 6.07) is 25.1. The lowest BCUT2D eigenvalue weighted by Gasteiger charge is -2.33. The Morgan fingerprint density at radius 2 is 1.59 bits per heavy atom. The quantitative estimate of drug-likeness (QED) is 0.361. The number of hydrogen-bond donors (Lipinski definition) is 1. The Labute approximate surface area is 207 Å². The van der Waals surface area contributed by atoms with E-state index >= 15 is 0 Å². The third kappa shape index (κ3) is 4.82. The second kappa shape index (κ2) is 10.1. The van der Waals surface area contributed by atoms with E-state index in [9.17, 15) is 9.90 Å². The van der Waals surface area contributed by atoms with Crippen molar-refractivity contribution in [2.24, 2.45) is 5.10 Å². The Balaban J connectivity index is 1.93. The van der Waals surface area contributed by atoms with Crippen LogP contribution in [0.4, 0.5) is 0 Å². The Morgan fingerprint density at radius 1 is 0.941 bits per heavy atom. The standard InChI is InChI=1S/C28H25BrN2O3/c1-18(2)25-24-16-22(29)14-15-23(24)27(34-17-20-10-6-4-7-11-20)26(28(32)33)31(25)30-19(3)21-12-8-5-9-13-21/h4-16H,17H2,1-3H3,(H,32,33)/b30-19+. The van der Waals surface area contributed by atoms with Crippen LogP contribution >= 0.6 is 15.9 Å². The van der Waals surface area contributed by atoms with Crippen molar-refractivity contribution in [1.29, 1.82) is 0 Å². The van der Waals surface area contributed by atoms with Crippen molar-refractivity contribution in [2.75, 3.05) is 0 Å². The molecular formula is C28H25BrN2O3. The minimum absolute atomic E-state index is 0.0164. The van der Waals surface area contributed by atoms with Gasteiger partial charge in [0.1, 0.15) is 6.61 Å². The lowest BCUT2D eigenvalue weighted by Crippen LogP contribution is -2.29. The molecule has 0 bridgehead atoms. The molecule has 3 aromatic rings. The molecule has 0 fully saturated rings. The zero-order valence-electron chi connectivity index (χ0n) is 19.2. The molecule has 0 amide bonds. The molecule has 0 atom stereocenters. The smallest absolute Gasteiger partial charge is 0.358 e. The van der Waals surface area contributed by atoms with Gasteiger partial charge in [-0.2, -0.15) is 5.10 Å². The summed E-state index contributed by atoms with van der Waals surface area (Å²) in [6.45, 7) is 6.02. The van der Waals surface area contributed by atoms with Crippen molar-refractivity contribution in [1.82, 2.24) is 5.01 Å². The average molecular weight is 517 g/mol. The van der Waals surface area contributed by atoms with Gasteiger partial charge in [0, 0.05) is 15.6 Å². The molecular weight excluding hydrogens is 492 g/mol. The minimum atomic E-state index is -1.11. The highest BCUT2D eigenvalue weighted by Crippen LogP contribution is 2.42. The maximum atomic E-state index is 12.7. The highest BCUT2D eigenvalue weighted by molar-refractivity contribution is 9.10. The lowest BCUT2D eigenvalue weighted by molar-refractivity contribution is -0.134. The lowest BCUT2D eigenvalue weighted by atomic mass is 9.95. The third-order valence-electron chi connectivity index (χ3n) is 5.46. The van der Waals surface area contributed by atoms with Gasteiger partial charge in [-0.15, -0.1) is 0 Å². The van der Waals surface area contributed by atoms with E-state index in [-0.39, 0.29) is 18.1 Å². The number of benzene rings is 3. The number of hydrazone groups is 1. The summed E-state index contributed by atoms with van der Waals surface area (Å²) < 4.78 is 7.09. The van der Waals surface area contributed by atoms with Gasteiger partial charge in [-0.3, -0.25) is 0 Å². The number of rotatable bonds is 6. The van der Waals surface area contributed by atoms with Crippen LogP contribution in [0, 0.1) is 0 Å². The molecule has 4 rings (SSSR count). The second-order valence-electron chi connectivity index (χ2n) is 8.16. The van der Waals surface area contributed by atoms with Crippen LogP contribution in [-0.2, 0) is 16.1 Å². The fourth-order valence-electron chi connectivity index (χ4n) is 3.89. The second-order valence-corrected chi connectivity index (χ2v) is 9.07. The van der Waals surface area contributed by atoms with Crippen LogP contribution in [0.25, 0.3) is 11.5 Å². The van der Waals surface area contributed by atoms with Gasteiger partial charge in [0.2, 0.25) is 0 Å². The summed E-state index contributed by atoms with van der Waals surface area (Å²) >= 11 is 3.56. The molecule has 0 saturated carbocycles. The molecule has 0 aromatic heterocycles. The Morgan fingerprint density at radius 3 is 2.21 bits per heavy atom. The van der Waals surface area contributed by atoms with Crippen LogP contribution in [-0.4, -0.2) is 21.8 Å². The van der Waals surface area contributed by atoms with Gasteiger partial charge in [-0.25, -0.2) is 9.80 Å². The van der Waals surface area contributed by atoms with Gasteiger partial charge in [0.25, 0.3) is 0 Å². The van der Waals surface area contributed by atoms with Crippen molar-refractivity contribution in [3.8, 4) is 0 Å². The summed E-state index contributed by atoms with van der Waals surface area (Å²) in [5, 5.41) is 16.7. The maximum Gasteiger partial charge on any atom is 0.358 e. The van der Waals surface area contributed by atoms with E-state index in [0.717, 1.165) is 38.0 Å². The summed E-state index contributed by atoms with van der Waals surface area (Å²) in [4.78, 5) is 12.7. The van der Waals surface area contributed by atoms with Crippen molar-refractivity contribution in [2.45, 2.75) is 27.4 Å². The number of ether oxygens (including phenoxy) is 1. The van der Waals surface area contributed by atoms with Crippen molar-refractivity contribution >= 4 is 39.1 Å². The van der Waals surface area contributed by atoms with Crippen molar-refractivity contribution < 1.29 is 14.6 Å². The largest absolute Gasteiger partial charge is 0.486 e. The summed E-state index contributed by atoms with van der Waals surface area (Å²) in [5.74, 6) is -0.826. The van der Waals surface area contributed by atoms with E-state index in [1.807, 2.05) is 99.6 Å². The van der Waals surface area contributed by atoms with E-state index in [4.69, 9.17) is 9.84 Å². The van der Waals surface area contributed by atoms with Crippen LogP contribution in [0.5, 0.6) is 0 Å². The van der Waals surface area contributed by atoms with Crippen molar-refractivity contribution in [3.05, 3.63) is 117 Å². The molecule has 5 nitrogen and oxygen atoms in total. The number of aliphatic carboxylic acids is 1. The normalized spacial score (nSPS) is 13.6. The van der Waals surface area contributed by atoms with Gasteiger partial charge in [0.15, 0.2) is 11.5 Å². The molecule has 34 heavy (non-hydrogen) atoms. The molecule has 0 saturated heterocycles. The SMILES string of the molecule is CC(C)=C1c2cc(Br)ccc2C(OCc2ccccc2)=C(C(=O)O)N1/N=C(\C)c1ccccc1. The molecule has 172 valence electrons. The van der Waals surface area contributed by atoms with E-state index in [2.05, 4.69) is 15.9 Å². The van der Waals surface area contributed by atoms with E-state index in [1.54, 1.807) is 0 Å². The minimum Gasteiger partial charge on any atom is -0.486 e. The number of fused-ring (bicyclic) bond motifs is 1. The third-order valence-corrected chi connectivity index (χ3v) is 5.96. The first kappa shape index (κ1) is 23.5. The highest BCUT2D eigenvalue weighted by atomic mass is 79.9. The van der Waals surface area contributed by atoms with Gasteiger partial charge in [-0.05, 0) is 55.7 Å². The van der Waals surface area contributed by atoms with E-state index in [1.165, 1.54) is 5.01 Å². The predicted octanol–water partition coefficient (Wildman–Crippen LogP) is 6.91. The zero-order valence-corrected chi connectivity index (χ0v) is 20.8.